The van der Waals surface area contributed by atoms with Crippen molar-refractivity contribution in [1.29, 1.82) is 0 Å². The van der Waals surface area contributed by atoms with Crippen LogP contribution in [0.2, 0.25) is 0 Å². The van der Waals surface area contributed by atoms with Crippen molar-refractivity contribution < 1.29 is 13.9 Å². The molecular weight excluding hydrogens is 310 g/mol. The summed E-state index contributed by atoms with van der Waals surface area (Å²) < 4.78 is 10.5. The summed E-state index contributed by atoms with van der Waals surface area (Å²) in [6, 6.07) is 7.84. The Hall–Kier alpha value is -3.22. The van der Waals surface area contributed by atoms with Crippen LogP contribution in [-0.2, 0) is 0 Å². The number of amides is 1. The molecule has 3 rings (SSSR count). The van der Waals surface area contributed by atoms with Gasteiger partial charge in [-0.3, -0.25) is 10.1 Å². The van der Waals surface area contributed by atoms with Crippen LogP contribution in [0.4, 0.5) is 5.95 Å². The van der Waals surface area contributed by atoms with Gasteiger partial charge in [0.15, 0.2) is 0 Å². The van der Waals surface area contributed by atoms with E-state index in [1.807, 2.05) is 6.92 Å². The molecule has 0 saturated heterocycles. The zero-order valence-electron chi connectivity index (χ0n) is 13.2. The average molecular weight is 325 g/mol. The Morgan fingerprint density at radius 1 is 1.29 bits per heavy atom. The molecule has 0 saturated carbocycles. The smallest absolute Gasteiger partial charge is 0.337 e. The van der Waals surface area contributed by atoms with Crippen LogP contribution >= 0.6 is 0 Å². The van der Waals surface area contributed by atoms with E-state index in [4.69, 9.17) is 9.15 Å². The summed E-state index contributed by atoms with van der Waals surface area (Å²) in [6.45, 7) is 4.13. The lowest BCUT2D eigenvalue weighted by Gasteiger charge is -2.08. The van der Waals surface area contributed by atoms with Gasteiger partial charge in [-0.05, 0) is 32.0 Å². The largest absolute Gasteiger partial charge is 0.494 e. The topological polar surface area (TPSA) is 94.3 Å². The van der Waals surface area contributed by atoms with Crippen molar-refractivity contribution in [3.05, 3.63) is 58.2 Å². The van der Waals surface area contributed by atoms with Crippen molar-refractivity contribution in [2.45, 2.75) is 13.8 Å². The maximum atomic E-state index is 12.5. The van der Waals surface area contributed by atoms with E-state index in [2.05, 4.69) is 15.3 Å². The Morgan fingerprint density at radius 3 is 2.88 bits per heavy atom. The van der Waals surface area contributed by atoms with E-state index >= 15 is 0 Å². The zero-order chi connectivity index (χ0) is 17.1. The molecule has 2 heterocycles. The summed E-state index contributed by atoms with van der Waals surface area (Å²) in [5.74, 6) is 0.253. The first kappa shape index (κ1) is 15.7. The number of nitrogens with zero attached hydrogens (tertiary/aromatic N) is 2. The first-order valence-corrected chi connectivity index (χ1v) is 7.38. The van der Waals surface area contributed by atoms with Crippen molar-refractivity contribution in [3.63, 3.8) is 0 Å². The molecule has 0 atom stereocenters. The number of ether oxygens (including phenoxy) is 1. The van der Waals surface area contributed by atoms with E-state index in [1.54, 1.807) is 37.4 Å². The minimum atomic E-state index is -0.619. The predicted octanol–water partition coefficient (Wildman–Crippen LogP) is 2.54. The first-order chi connectivity index (χ1) is 11.6. The number of carbonyl (C=O) groups excluding carboxylic acids is 1. The fraction of sp³-hybridized carbons (Fsp3) is 0.176. The van der Waals surface area contributed by atoms with Crippen molar-refractivity contribution in [3.8, 4) is 5.75 Å². The summed E-state index contributed by atoms with van der Waals surface area (Å²) >= 11 is 0. The summed E-state index contributed by atoms with van der Waals surface area (Å²) in [4.78, 5) is 32.4. The highest BCUT2D eigenvalue weighted by Gasteiger charge is 2.15. The number of hydrogen-bond acceptors (Lipinski definition) is 6. The lowest BCUT2D eigenvalue weighted by Crippen LogP contribution is -2.17. The van der Waals surface area contributed by atoms with Crippen LogP contribution in [0, 0.1) is 6.92 Å². The Morgan fingerprint density at radius 2 is 2.12 bits per heavy atom. The Balaban J connectivity index is 2.01. The summed E-state index contributed by atoms with van der Waals surface area (Å²) in [5.41, 5.74) is 0.573. The standard InChI is InChI=1S/C17H15N3O4/c1-3-23-11-4-5-12-13(9-15(21)24-14(12)8-11)16(22)20-17-18-7-6-10(2)19-17/h4-9H,3H2,1-2H3,(H,18,19,20,22). The maximum absolute atomic E-state index is 12.5. The summed E-state index contributed by atoms with van der Waals surface area (Å²) in [7, 11) is 0. The minimum Gasteiger partial charge on any atom is -0.494 e. The number of aromatic nitrogens is 2. The number of carbonyl (C=O) groups is 1. The molecule has 24 heavy (non-hydrogen) atoms. The number of anilines is 1. The van der Waals surface area contributed by atoms with E-state index in [1.165, 1.54) is 0 Å². The number of aryl methyl sites for hydroxylation is 1. The molecule has 0 fully saturated rings. The maximum Gasteiger partial charge on any atom is 0.337 e. The van der Waals surface area contributed by atoms with Gasteiger partial charge in [0, 0.05) is 29.4 Å². The molecule has 7 heteroatoms. The molecule has 0 aliphatic heterocycles. The number of rotatable bonds is 4. The van der Waals surface area contributed by atoms with Gasteiger partial charge in [0.1, 0.15) is 11.3 Å². The number of fused-ring (bicyclic) bond motifs is 1. The fourth-order valence-corrected chi connectivity index (χ4v) is 2.27. The number of nitrogens with one attached hydrogen (secondary N) is 1. The van der Waals surface area contributed by atoms with Crippen LogP contribution in [0.3, 0.4) is 0 Å². The molecule has 0 spiro atoms. The van der Waals surface area contributed by atoms with Crippen LogP contribution in [0.1, 0.15) is 23.0 Å². The third kappa shape index (κ3) is 3.24. The molecule has 1 N–H and O–H groups in total. The highest BCUT2D eigenvalue weighted by atomic mass is 16.5. The molecule has 1 amide bonds. The molecule has 0 unspecified atom stereocenters. The minimum absolute atomic E-state index is 0.173. The molecule has 0 aliphatic rings. The van der Waals surface area contributed by atoms with Gasteiger partial charge in [-0.25, -0.2) is 14.8 Å². The number of hydrogen-bond donors (Lipinski definition) is 1. The monoisotopic (exact) mass is 325 g/mol. The van der Waals surface area contributed by atoms with Crippen molar-refractivity contribution in [2.75, 3.05) is 11.9 Å². The molecule has 122 valence electrons. The second kappa shape index (κ2) is 6.49. The summed E-state index contributed by atoms with van der Waals surface area (Å²) in [6.07, 6.45) is 1.55. The average Bonchev–Trinajstić information content (AvgIpc) is 2.54. The molecule has 1 aromatic carbocycles. The molecule has 3 aromatic rings. The quantitative estimate of drug-likeness (QED) is 0.741. The third-order valence-corrected chi connectivity index (χ3v) is 3.29. The van der Waals surface area contributed by atoms with Gasteiger partial charge in [0.2, 0.25) is 5.95 Å². The molecule has 0 radical (unpaired) electrons. The van der Waals surface area contributed by atoms with Crippen LogP contribution < -0.4 is 15.7 Å². The van der Waals surface area contributed by atoms with Crippen molar-refractivity contribution in [1.82, 2.24) is 9.97 Å². The molecule has 0 bridgehead atoms. The summed E-state index contributed by atoms with van der Waals surface area (Å²) in [5, 5.41) is 3.09. The lowest BCUT2D eigenvalue weighted by atomic mass is 10.1. The highest BCUT2D eigenvalue weighted by Crippen LogP contribution is 2.23. The van der Waals surface area contributed by atoms with Gasteiger partial charge >= 0.3 is 5.63 Å². The van der Waals surface area contributed by atoms with Gasteiger partial charge in [-0.1, -0.05) is 0 Å². The van der Waals surface area contributed by atoms with E-state index in [0.717, 1.165) is 11.8 Å². The van der Waals surface area contributed by atoms with Gasteiger partial charge in [-0.15, -0.1) is 0 Å². The molecule has 7 nitrogen and oxygen atoms in total. The Labute approximate surface area is 137 Å². The molecular formula is C17H15N3O4. The van der Waals surface area contributed by atoms with E-state index in [9.17, 15) is 9.59 Å². The second-order valence-electron chi connectivity index (χ2n) is 5.05. The fourth-order valence-electron chi connectivity index (χ4n) is 2.27. The highest BCUT2D eigenvalue weighted by molar-refractivity contribution is 6.11. The van der Waals surface area contributed by atoms with E-state index in [0.29, 0.717) is 17.7 Å². The predicted molar refractivity (Wildman–Crippen MR) is 88.4 cm³/mol. The van der Waals surface area contributed by atoms with Gasteiger partial charge in [-0.2, -0.15) is 0 Å². The van der Waals surface area contributed by atoms with Gasteiger partial charge in [0.05, 0.1) is 12.2 Å². The van der Waals surface area contributed by atoms with Crippen LogP contribution in [0.5, 0.6) is 5.75 Å². The van der Waals surface area contributed by atoms with Crippen LogP contribution in [-0.4, -0.2) is 22.5 Å². The normalized spacial score (nSPS) is 10.6. The lowest BCUT2D eigenvalue weighted by molar-refractivity contribution is 0.102. The van der Waals surface area contributed by atoms with Crippen molar-refractivity contribution >= 4 is 22.8 Å². The van der Waals surface area contributed by atoms with Crippen molar-refractivity contribution in [2.24, 2.45) is 0 Å². The molecule has 0 aliphatic carbocycles. The van der Waals surface area contributed by atoms with E-state index in [-0.39, 0.29) is 17.1 Å². The Bertz CT molecular complexity index is 965. The SMILES string of the molecule is CCOc1ccc2c(C(=O)Nc3nccc(C)n3)cc(=O)oc2c1. The van der Waals surface area contributed by atoms with E-state index < -0.39 is 11.5 Å². The molecule has 2 aromatic heterocycles. The second-order valence-corrected chi connectivity index (χ2v) is 5.05. The van der Waals surface area contributed by atoms with Crippen LogP contribution in [0.15, 0.2) is 45.7 Å². The first-order valence-electron chi connectivity index (χ1n) is 7.38. The zero-order valence-corrected chi connectivity index (χ0v) is 13.2. The number of benzene rings is 1. The third-order valence-electron chi connectivity index (χ3n) is 3.29. The van der Waals surface area contributed by atoms with Gasteiger partial charge in [0.25, 0.3) is 5.91 Å². The Kier molecular flexibility index (Phi) is 4.24. The van der Waals surface area contributed by atoms with Crippen LogP contribution in [0.25, 0.3) is 11.0 Å². The van der Waals surface area contributed by atoms with Gasteiger partial charge < -0.3 is 9.15 Å².